The quantitative estimate of drug-likeness (QED) is 0.660. The van der Waals surface area contributed by atoms with Gasteiger partial charge in [0, 0.05) is 49.7 Å². The Morgan fingerprint density at radius 3 is 2.73 bits per heavy atom. The maximum Gasteiger partial charge on any atom is 0.252 e. The van der Waals surface area contributed by atoms with E-state index in [2.05, 4.69) is 25.3 Å². The van der Waals surface area contributed by atoms with E-state index < -0.39 is 0 Å². The van der Waals surface area contributed by atoms with Crippen molar-refractivity contribution in [2.45, 2.75) is 32.3 Å². The molecule has 2 aliphatic heterocycles. The molecule has 0 atom stereocenters. The molecule has 162 valence electrons. The summed E-state index contributed by atoms with van der Waals surface area (Å²) in [5.41, 5.74) is 0.905. The molecule has 1 N–H and O–H groups in total. The second kappa shape index (κ2) is 10.1. The topological polar surface area (TPSA) is 103 Å². The number of likely N-dealkylation sites (tertiary alicyclic amines) is 1. The number of hydrogen-bond acceptors (Lipinski definition) is 8. The molecule has 2 aromatic rings. The van der Waals surface area contributed by atoms with Crippen molar-refractivity contribution in [1.82, 2.24) is 25.3 Å². The van der Waals surface area contributed by atoms with Gasteiger partial charge in [-0.05, 0) is 50.9 Å². The number of carbonyl (C=O) groups excluding carboxylic acids is 1. The van der Waals surface area contributed by atoms with Gasteiger partial charge in [-0.1, -0.05) is 5.16 Å². The number of amides is 1. The summed E-state index contributed by atoms with van der Waals surface area (Å²) >= 11 is 0. The van der Waals surface area contributed by atoms with Crippen LogP contribution in [0.15, 0.2) is 29.0 Å². The number of nitrogens with one attached hydrogen (secondary N) is 1. The molecule has 0 radical (unpaired) electrons. The predicted octanol–water partition coefficient (Wildman–Crippen LogP) is 1.66. The van der Waals surface area contributed by atoms with Crippen LogP contribution in [-0.2, 0) is 20.9 Å². The monoisotopic (exact) mass is 415 g/mol. The number of hydrogen-bond donors (Lipinski definition) is 1. The van der Waals surface area contributed by atoms with Crippen molar-refractivity contribution in [3.63, 3.8) is 0 Å². The standard InChI is InChI=1S/C21H29N5O4/c27-18(13-29-14-19-24-20(25-30-19)17-3-7-22-8-4-17)23-15-21(5-11-28-12-6-21)16-26-9-1-2-10-26/h3-4,7-8H,1-2,5-6,9-16H2,(H,23,27). The van der Waals surface area contributed by atoms with E-state index >= 15 is 0 Å². The van der Waals surface area contributed by atoms with Gasteiger partial charge in [-0.25, -0.2) is 0 Å². The third-order valence-corrected chi connectivity index (χ3v) is 5.84. The summed E-state index contributed by atoms with van der Waals surface area (Å²) in [5, 5.41) is 6.99. The van der Waals surface area contributed by atoms with Gasteiger partial charge >= 0.3 is 0 Å². The van der Waals surface area contributed by atoms with E-state index in [-0.39, 0.29) is 24.5 Å². The van der Waals surface area contributed by atoms with Crippen LogP contribution in [0.4, 0.5) is 0 Å². The van der Waals surface area contributed by atoms with E-state index in [0.717, 1.165) is 51.3 Å². The molecular weight excluding hydrogens is 386 g/mol. The number of nitrogens with zero attached hydrogens (tertiary/aromatic N) is 4. The van der Waals surface area contributed by atoms with E-state index in [1.54, 1.807) is 24.5 Å². The zero-order valence-corrected chi connectivity index (χ0v) is 17.2. The fraction of sp³-hybridized carbons (Fsp3) is 0.619. The Labute approximate surface area is 176 Å². The maximum atomic E-state index is 12.3. The third kappa shape index (κ3) is 5.62. The smallest absolute Gasteiger partial charge is 0.252 e. The number of aromatic nitrogens is 3. The number of ether oxygens (including phenoxy) is 2. The molecule has 0 aromatic carbocycles. The van der Waals surface area contributed by atoms with Gasteiger partial charge in [0.15, 0.2) is 0 Å². The Bertz CT molecular complexity index is 801. The van der Waals surface area contributed by atoms with Crippen molar-refractivity contribution in [3.8, 4) is 11.4 Å². The van der Waals surface area contributed by atoms with E-state index in [1.165, 1.54) is 12.8 Å². The van der Waals surface area contributed by atoms with Crippen molar-refractivity contribution >= 4 is 5.91 Å². The van der Waals surface area contributed by atoms with E-state index in [1.807, 2.05) is 0 Å². The Hall–Kier alpha value is -2.36. The van der Waals surface area contributed by atoms with E-state index in [4.69, 9.17) is 14.0 Å². The van der Waals surface area contributed by atoms with Gasteiger partial charge in [0.25, 0.3) is 5.89 Å². The Morgan fingerprint density at radius 1 is 1.20 bits per heavy atom. The minimum absolute atomic E-state index is 0.0384. The molecule has 0 spiro atoms. The highest BCUT2D eigenvalue weighted by Gasteiger charge is 2.35. The van der Waals surface area contributed by atoms with Crippen molar-refractivity contribution in [2.24, 2.45) is 5.41 Å². The molecule has 2 fully saturated rings. The molecule has 9 heteroatoms. The SMILES string of the molecule is O=C(COCc1nc(-c2ccncc2)no1)NCC1(CN2CCCC2)CCOCC1. The van der Waals surface area contributed by atoms with Crippen LogP contribution in [0.25, 0.3) is 11.4 Å². The molecule has 2 saturated heterocycles. The number of pyridine rings is 1. The summed E-state index contributed by atoms with van der Waals surface area (Å²) in [6, 6.07) is 3.61. The highest BCUT2D eigenvalue weighted by Crippen LogP contribution is 2.32. The van der Waals surface area contributed by atoms with E-state index in [0.29, 0.717) is 18.3 Å². The summed E-state index contributed by atoms with van der Waals surface area (Å²) in [6.45, 7) is 5.58. The Morgan fingerprint density at radius 2 is 1.97 bits per heavy atom. The molecule has 0 unspecified atom stereocenters. The first kappa shape index (κ1) is 20.9. The molecule has 0 bridgehead atoms. The largest absolute Gasteiger partial charge is 0.381 e. The Balaban J connectivity index is 1.22. The van der Waals surface area contributed by atoms with Crippen LogP contribution in [0.3, 0.4) is 0 Å². The van der Waals surface area contributed by atoms with Gasteiger partial charge in [-0.15, -0.1) is 0 Å². The Kier molecular flexibility index (Phi) is 7.03. The summed E-state index contributed by atoms with van der Waals surface area (Å²) < 4.78 is 16.2. The minimum atomic E-state index is -0.129. The highest BCUT2D eigenvalue weighted by atomic mass is 16.5. The zero-order chi connectivity index (χ0) is 20.7. The van der Waals surface area contributed by atoms with Gasteiger partial charge in [-0.3, -0.25) is 9.78 Å². The first-order chi connectivity index (χ1) is 14.7. The second-order valence-electron chi connectivity index (χ2n) is 8.11. The lowest BCUT2D eigenvalue weighted by Gasteiger charge is -2.40. The number of rotatable bonds is 9. The van der Waals surface area contributed by atoms with Gasteiger partial charge in [0.2, 0.25) is 11.7 Å². The third-order valence-electron chi connectivity index (χ3n) is 5.84. The van der Waals surface area contributed by atoms with Crippen LogP contribution in [0.2, 0.25) is 0 Å². The van der Waals surface area contributed by atoms with Crippen LogP contribution in [0.1, 0.15) is 31.6 Å². The van der Waals surface area contributed by atoms with Crippen LogP contribution in [-0.4, -0.2) is 71.9 Å². The van der Waals surface area contributed by atoms with Crippen LogP contribution >= 0.6 is 0 Å². The minimum Gasteiger partial charge on any atom is -0.381 e. The average Bonchev–Trinajstić information content (AvgIpc) is 3.46. The van der Waals surface area contributed by atoms with Gasteiger partial charge in [0.1, 0.15) is 13.2 Å². The molecule has 4 rings (SSSR count). The first-order valence-electron chi connectivity index (χ1n) is 10.6. The van der Waals surface area contributed by atoms with Crippen molar-refractivity contribution in [3.05, 3.63) is 30.4 Å². The van der Waals surface area contributed by atoms with Crippen LogP contribution < -0.4 is 5.32 Å². The lowest BCUT2D eigenvalue weighted by Crippen LogP contribution is -2.48. The highest BCUT2D eigenvalue weighted by molar-refractivity contribution is 5.77. The average molecular weight is 415 g/mol. The van der Waals surface area contributed by atoms with Gasteiger partial charge < -0.3 is 24.2 Å². The van der Waals surface area contributed by atoms with Gasteiger partial charge in [0.05, 0.1) is 0 Å². The maximum absolute atomic E-state index is 12.3. The molecule has 2 aliphatic rings. The lowest BCUT2D eigenvalue weighted by molar-refractivity contribution is -0.127. The van der Waals surface area contributed by atoms with Crippen molar-refractivity contribution < 1.29 is 18.8 Å². The normalized spacial score (nSPS) is 19.1. The molecule has 1 amide bonds. The summed E-state index contributed by atoms with van der Waals surface area (Å²) in [7, 11) is 0. The summed E-state index contributed by atoms with van der Waals surface area (Å²) in [6.07, 6.45) is 7.83. The first-order valence-corrected chi connectivity index (χ1v) is 10.6. The number of carbonyl (C=O) groups is 1. The molecule has 30 heavy (non-hydrogen) atoms. The molecule has 9 nitrogen and oxygen atoms in total. The molecule has 2 aromatic heterocycles. The van der Waals surface area contributed by atoms with Crippen LogP contribution in [0.5, 0.6) is 0 Å². The van der Waals surface area contributed by atoms with Gasteiger partial charge in [-0.2, -0.15) is 4.98 Å². The summed E-state index contributed by atoms with van der Waals surface area (Å²) in [4.78, 5) is 23.1. The predicted molar refractivity (Wildman–Crippen MR) is 108 cm³/mol. The summed E-state index contributed by atoms with van der Waals surface area (Å²) in [5.74, 6) is 0.685. The zero-order valence-electron chi connectivity index (χ0n) is 17.2. The van der Waals surface area contributed by atoms with Crippen LogP contribution in [0, 0.1) is 5.41 Å². The fourth-order valence-electron chi connectivity index (χ4n) is 4.11. The molecule has 0 saturated carbocycles. The molecule has 4 heterocycles. The molecular formula is C21H29N5O4. The lowest BCUT2D eigenvalue weighted by atomic mass is 9.79. The van der Waals surface area contributed by atoms with E-state index in [9.17, 15) is 4.79 Å². The molecule has 0 aliphatic carbocycles. The van der Waals surface area contributed by atoms with Crippen molar-refractivity contribution in [1.29, 1.82) is 0 Å². The second-order valence-corrected chi connectivity index (χ2v) is 8.11. The fourth-order valence-corrected chi connectivity index (χ4v) is 4.11. The van der Waals surface area contributed by atoms with Crippen molar-refractivity contribution in [2.75, 3.05) is 46.0 Å².